The number of aromatic nitrogens is 2. The van der Waals surface area contributed by atoms with E-state index in [1.807, 2.05) is 43.1 Å². The van der Waals surface area contributed by atoms with Crippen molar-refractivity contribution < 1.29 is 4.79 Å². The molecule has 1 aromatic heterocycles. The molecule has 4 nitrogen and oxygen atoms in total. The highest BCUT2D eigenvalue weighted by molar-refractivity contribution is 6.30. The third-order valence-corrected chi connectivity index (χ3v) is 4.23. The van der Waals surface area contributed by atoms with Gasteiger partial charge in [0.05, 0.1) is 11.8 Å². The molecule has 0 saturated heterocycles. The zero-order valence-corrected chi connectivity index (χ0v) is 13.0. The summed E-state index contributed by atoms with van der Waals surface area (Å²) in [5.74, 6) is 0.0676. The van der Waals surface area contributed by atoms with Crippen molar-refractivity contribution in [1.82, 2.24) is 14.7 Å². The van der Waals surface area contributed by atoms with Gasteiger partial charge in [-0.15, -0.1) is 0 Å². The standard InChI is InChI=1S/C16H18ClN3O/c1-11-15(9-18-19(11)2)16(21)20(14-7-8-14)10-12-3-5-13(17)6-4-12/h3-6,9,14H,7-8,10H2,1-2H3. The molecule has 21 heavy (non-hydrogen) atoms. The third kappa shape index (κ3) is 2.95. The van der Waals surface area contributed by atoms with E-state index in [9.17, 15) is 4.79 Å². The fraction of sp³-hybridized carbons (Fsp3) is 0.375. The average molecular weight is 304 g/mol. The largest absolute Gasteiger partial charge is 0.331 e. The highest BCUT2D eigenvalue weighted by Crippen LogP contribution is 2.30. The van der Waals surface area contributed by atoms with Gasteiger partial charge in [0, 0.05) is 30.4 Å². The lowest BCUT2D eigenvalue weighted by Crippen LogP contribution is -2.32. The Morgan fingerprint density at radius 2 is 2.05 bits per heavy atom. The summed E-state index contributed by atoms with van der Waals surface area (Å²) in [5.41, 5.74) is 2.70. The summed E-state index contributed by atoms with van der Waals surface area (Å²) in [5, 5.41) is 4.88. The number of halogens is 1. The maximum Gasteiger partial charge on any atom is 0.257 e. The fourth-order valence-corrected chi connectivity index (χ4v) is 2.53. The molecule has 110 valence electrons. The number of nitrogens with zero attached hydrogens (tertiary/aromatic N) is 3. The van der Waals surface area contributed by atoms with E-state index in [-0.39, 0.29) is 5.91 Å². The fourth-order valence-electron chi connectivity index (χ4n) is 2.40. The number of benzene rings is 1. The van der Waals surface area contributed by atoms with Crippen LogP contribution in [-0.4, -0.2) is 26.6 Å². The molecular weight excluding hydrogens is 286 g/mol. The van der Waals surface area contributed by atoms with Crippen LogP contribution in [-0.2, 0) is 13.6 Å². The second-order valence-electron chi connectivity index (χ2n) is 5.56. The molecule has 1 amide bonds. The van der Waals surface area contributed by atoms with E-state index in [1.165, 1.54) is 0 Å². The van der Waals surface area contributed by atoms with Crippen LogP contribution in [0.1, 0.15) is 34.5 Å². The number of rotatable bonds is 4. The molecule has 0 bridgehead atoms. The summed E-state index contributed by atoms with van der Waals surface area (Å²) < 4.78 is 1.74. The van der Waals surface area contributed by atoms with Gasteiger partial charge in [0.2, 0.25) is 0 Å². The lowest BCUT2D eigenvalue weighted by atomic mass is 10.1. The first-order chi connectivity index (χ1) is 10.1. The Bertz CT molecular complexity index is 659. The predicted molar refractivity (Wildman–Crippen MR) is 82.3 cm³/mol. The summed E-state index contributed by atoms with van der Waals surface area (Å²) >= 11 is 5.91. The van der Waals surface area contributed by atoms with Crippen molar-refractivity contribution in [1.29, 1.82) is 0 Å². The molecular formula is C16H18ClN3O. The molecule has 1 saturated carbocycles. The van der Waals surface area contributed by atoms with Crippen LogP contribution < -0.4 is 0 Å². The van der Waals surface area contributed by atoms with Crippen LogP contribution in [0.25, 0.3) is 0 Å². The number of hydrogen-bond acceptors (Lipinski definition) is 2. The van der Waals surface area contributed by atoms with E-state index in [0.717, 1.165) is 24.1 Å². The van der Waals surface area contributed by atoms with Gasteiger partial charge in [-0.2, -0.15) is 5.10 Å². The summed E-state index contributed by atoms with van der Waals surface area (Å²) in [6.45, 7) is 2.54. The minimum Gasteiger partial charge on any atom is -0.331 e. The maximum atomic E-state index is 12.8. The second kappa shape index (κ2) is 5.53. The van der Waals surface area contributed by atoms with Gasteiger partial charge in [-0.25, -0.2) is 0 Å². The molecule has 1 aliphatic carbocycles. The van der Waals surface area contributed by atoms with Gasteiger partial charge in [-0.05, 0) is 37.5 Å². The van der Waals surface area contributed by atoms with Gasteiger partial charge in [0.25, 0.3) is 5.91 Å². The topological polar surface area (TPSA) is 38.1 Å². The molecule has 1 heterocycles. The van der Waals surface area contributed by atoms with Crippen LogP contribution in [0.2, 0.25) is 5.02 Å². The number of carbonyl (C=O) groups is 1. The van der Waals surface area contributed by atoms with E-state index in [1.54, 1.807) is 10.9 Å². The van der Waals surface area contributed by atoms with Gasteiger partial charge in [-0.3, -0.25) is 9.48 Å². The van der Waals surface area contributed by atoms with Crippen molar-refractivity contribution in [3.05, 3.63) is 52.3 Å². The van der Waals surface area contributed by atoms with Crippen LogP contribution in [0.4, 0.5) is 0 Å². The predicted octanol–water partition coefficient (Wildman–Crippen LogP) is 3.19. The van der Waals surface area contributed by atoms with E-state index in [4.69, 9.17) is 11.6 Å². The maximum absolute atomic E-state index is 12.8. The lowest BCUT2D eigenvalue weighted by molar-refractivity contribution is 0.0729. The van der Waals surface area contributed by atoms with Crippen molar-refractivity contribution in [2.75, 3.05) is 0 Å². The monoisotopic (exact) mass is 303 g/mol. The molecule has 0 aliphatic heterocycles. The normalized spacial score (nSPS) is 14.2. The summed E-state index contributed by atoms with van der Waals surface area (Å²) in [6, 6.07) is 8.03. The van der Waals surface area contributed by atoms with E-state index in [2.05, 4.69) is 5.10 Å². The van der Waals surface area contributed by atoms with E-state index >= 15 is 0 Å². The Morgan fingerprint density at radius 3 is 2.57 bits per heavy atom. The summed E-state index contributed by atoms with van der Waals surface area (Å²) in [7, 11) is 1.85. The van der Waals surface area contributed by atoms with Gasteiger partial charge in [0.15, 0.2) is 0 Å². The minimum absolute atomic E-state index is 0.0676. The molecule has 0 N–H and O–H groups in total. The average Bonchev–Trinajstić information content (AvgIpc) is 3.25. The zero-order valence-electron chi connectivity index (χ0n) is 12.2. The SMILES string of the molecule is Cc1c(C(=O)N(Cc2ccc(Cl)cc2)C2CC2)cnn1C. The Kier molecular flexibility index (Phi) is 3.72. The molecule has 1 aliphatic rings. The number of hydrogen-bond donors (Lipinski definition) is 0. The molecule has 0 atom stereocenters. The third-order valence-electron chi connectivity index (χ3n) is 3.98. The molecule has 2 aromatic rings. The Morgan fingerprint density at radius 1 is 1.38 bits per heavy atom. The van der Waals surface area contributed by atoms with E-state index in [0.29, 0.717) is 23.2 Å². The van der Waals surface area contributed by atoms with Crippen LogP contribution in [0.3, 0.4) is 0 Å². The van der Waals surface area contributed by atoms with Gasteiger partial charge < -0.3 is 4.90 Å². The Hall–Kier alpha value is -1.81. The van der Waals surface area contributed by atoms with Crippen molar-refractivity contribution in [3.8, 4) is 0 Å². The van der Waals surface area contributed by atoms with Gasteiger partial charge >= 0.3 is 0 Å². The second-order valence-corrected chi connectivity index (χ2v) is 5.99. The molecule has 3 rings (SSSR count). The summed E-state index contributed by atoms with van der Waals surface area (Å²) in [6.07, 6.45) is 3.83. The van der Waals surface area contributed by atoms with Crippen molar-refractivity contribution in [3.63, 3.8) is 0 Å². The van der Waals surface area contributed by atoms with Crippen LogP contribution in [0.15, 0.2) is 30.5 Å². The zero-order chi connectivity index (χ0) is 15.0. The quantitative estimate of drug-likeness (QED) is 0.870. The minimum atomic E-state index is 0.0676. The molecule has 1 aromatic carbocycles. The molecule has 1 fully saturated rings. The molecule has 5 heteroatoms. The highest BCUT2D eigenvalue weighted by atomic mass is 35.5. The lowest BCUT2D eigenvalue weighted by Gasteiger charge is -2.22. The van der Waals surface area contributed by atoms with Crippen LogP contribution >= 0.6 is 11.6 Å². The Balaban J connectivity index is 1.83. The first-order valence-electron chi connectivity index (χ1n) is 7.10. The van der Waals surface area contributed by atoms with E-state index < -0.39 is 0 Å². The van der Waals surface area contributed by atoms with Gasteiger partial charge in [0.1, 0.15) is 0 Å². The van der Waals surface area contributed by atoms with Gasteiger partial charge in [-0.1, -0.05) is 23.7 Å². The number of aryl methyl sites for hydroxylation is 1. The molecule has 0 unspecified atom stereocenters. The van der Waals surface area contributed by atoms with Crippen molar-refractivity contribution >= 4 is 17.5 Å². The molecule has 0 radical (unpaired) electrons. The smallest absolute Gasteiger partial charge is 0.257 e. The van der Waals surface area contributed by atoms with Crippen molar-refractivity contribution in [2.45, 2.75) is 32.4 Å². The summed E-state index contributed by atoms with van der Waals surface area (Å²) in [4.78, 5) is 14.7. The molecule has 0 spiro atoms. The first kappa shape index (κ1) is 14.1. The first-order valence-corrected chi connectivity index (χ1v) is 7.48. The number of amides is 1. The Labute approximate surface area is 129 Å². The van der Waals surface area contributed by atoms with Crippen LogP contribution in [0, 0.1) is 6.92 Å². The van der Waals surface area contributed by atoms with Crippen molar-refractivity contribution in [2.24, 2.45) is 7.05 Å². The van der Waals surface area contributed by atoms with Crippen LogP contribution in [0.5, 0.6) is 0 Å². The highest BCUT2D eigenvalue weighted by Gasteiger charge is 2.34. The number of carbonyl (C=O) groups excluding carboxylic acids is 1.